The Morgan fingerprint density at radius 3 is 1.73 bits per heavy atom. The van der Waals surface area contributed by atoms with Gasteiger partial charge in [0.2, 0.25) is 0 Å². The Kier molecular flexibility index (Phi) is 3.16. The van der Waals surface area contributed by atoms with E-state index in [0.29, 0.717) is 0 Å². The second kappa shape index (κ2) is 5.71. The monoisotopic (exact) mass is 444 g/mol. The Morgan fingerprint density at radius 2 is 1.03 bits per heavy atom. The number of rotatable bonds is 0. The topological polar surface area (TPSA) is 0 Å². The summed E-state index contributed by atoms with van der Waals surface area (Å²) in [6.07, 6.45) is 0. The van der Waals surface area contributed by atoms with Crippen LogP contribution in [-0.2, 0) is 5.41 Å². The van der Waals surface area contributed by atoms with Crippen molar-refractivity contribution in [3.63, 3.8) is 0 Å². The van der Waals surface area contributed by atoms with Crippen molar-refractivity contribution in [1.29, 1.82) is 0 Å². The molecule has 0 N–H and O–H groups in total. The lowest BCUT2D eigenvalue weighted by atomic mass is 9.70. The van der Waals surface area contributed by atoms with Gasteiger partial charge in [-0.05, 0) is 73.5 Å². The van der Waals surface area contributed by atoms with Crippen LogP contribution in [0.5, 0.6) is 0 Å². The number of hydrogen-bond acceptors (Lipinski definition) is 0. The molecule has 7 rings (SSSR count). The molecule has 0 bridgehead atoms. The van der Waals surface area contributed by atoms with Crippen molar-refractivity contribution in [2.75, 3.05) is 0 Å². The van der Waals surface area contributed by atoms with Gasteiger partial charge in [-0.25, -0.2) is 0 Å². The van der Waals surface area contributed by atoms with Crippen LogP contribution in [0.25, 0.3) is 33.0 Å². The molecule has 140 valence electrons. The maximum atomic E-state index is 3.95. The highest BCUT2D eigenvalue weighted by Crippen LogP contribution is 2.64. The predicted octanol–water partition coefficient (Wildman–Crippen LogP) is 7.95. The molecule has 0 nitrogen and oxygen atoms in total. The molecule has 2 aliphatic carbocycles. The van der Waals surface area contributed by atoms with Crippen LogP contribution in [0.15, 0.2) is 108 Å². The fraction of sp³-hybridized carbons (Fsp3) is 0.0345. The Hall–Kier alpha value is -3.16. The van der Waals surface area contributed by atoms with Gasteiger partial charge in [-0.3, -0.25) is 0 Å². The van der Waals surface area contributed by atoms with Gasteiger partial charge in [-0.1, -0.05) is 101 Å². The fourth-order valence-electron chi connectivity index (χ4n) is 5.83. The maximum absolute atomic E-state index is 3.95. The third kappa shape index (κ3) is 1.83. The minimum atomic E-state index is -0.290. The number of halogens is 1. The van der Waals surface area contributed by atoms with Crippen molar-refractivity contribution in [1.82, 2.24) is 0 Å². The van der Waals surface area contributed by atoms with Gasteiger partial charge in [0.25, 0.3) is 0 Å². The van der Waals surface area contributed by atoms with E-state index in [2.05, 4.69) is 119 Å². The molecule has 0 radical (unpaired) electrons. The highest BCUT2D eigenvalue weighted by atomic mass is 79.9. The Balaban J connectivity index is 1.76. The standard InChI is InChI=1S/C29H17Br/c30-27-15-7-12-22-23-16-18-8-1-2-9-19(18)17-26(23)29(28(22)27)24-13-5-3-10-20(24)21-11-4-6-14-25(21)29/h1-17H. The zero-order valence-electron chi connectivity index (χ0n) is 16.2. The molecule has 5 aromatic carbocycles. The van der Waals surface area contributed by atoms with Crippen LogP contribution in [-0.4, -0.2) is 0 Å². The third-order valence-electron chi connectivity index (χ3n) is 6.92. The van der Waals surface area contributed by atoms with E-state index in [1.165, 1.54) is 59.8 Å². The van der Waals surface area contributed by atoms with Crippen LogP contribution in [0.4, 0.5) is 0 Å². The molecule has 30 heavy (non-hydrogen) atoms. The Bertz CT molecular complexity index is 1460. The molecular weight excluding hydrogens is 428 g/mol. The Labute approximate surface area is 184 Å². The fourth-order valence-corrected chi connectivity index (χ4v) is 6.50. The van der Waals surface area contributed by atoms with Crippen molar-refractivity contribution in [3.8, 4) is 22.3 Å². The van der Waals surface area contributed by atoms with E-state index in [1.54, 1.807) is 0 Å². The van der Waals surface area contributed by atoms with Gasteiger partial charge in [0.1, 0.15) is 0 Å². The van der Waals surface area contributed by atoms with Gasteiger partial charge < -0.3 is 0 Å². The number of benzene rings is 5. The van der Waals surface area contributed by atoms with E-state index in [-0.39, 0.29) is 5.41 Å². The zero-order chi connectivity index (χ0) is 19.9. The molecule has 2 aliphatic rings. The molecule has 5 aromatic rings. The van der Waals surface area contributed by atoms with Gasteiger partial charge in [0.15, 0.2) is 0 Å². The van der Waals surface area contributed by atoms with Crippen LogP contribution in [0, 0.1) is 0 Å². The average Bonchev–Trinajstić information content (AvgIpc) is 3.25. The van der Waals surface area contributed by atoms with Gasteiger partial charge in [0.05, 0.1) is 5.41 Å². The second-order valence-electron chi connectivity index (χ2n) is 8.25. The molecule has 0 saturated carbocycles. The summed E-state index contributed by atoms with van der Waals surface area (Å²) in [5.41, 5.74) is 10.6. The van der Waals surface area contributed by atoms with Crippen LogP contribution >= 0.6 is 15.9 Å². The average molecular weight is 445 g/mol. The first-order chi connectivity index (χ1) is 14.8. The molecule has 0 atom stereocenters. The Morgan fingerprint density at radius 1 is 0.467 bits per heavy atom. The minimum absolute atomic E-state index is 0.290. The molecule has 0 heterocycles. The molecule has 0 aliphatic heterocycles. The van der Waals surface area contributed by atoms with Gasteiger partial charge in [-0.15, -0.1) is 0 Å². The summed E-state index contributed by atoms with van der Waals surface area (Å²) in [6, 6.07) is 38.0. The first-order valence-electron chi connectivity index (χ1n) is 10.3. The normalized spacial score (nSPS) is 14.4. The van der Waals surface area contributed by atoms with Crippen LogP contribution in [0.3, 0.4) is 0 Å². The largest absolute Gasteiger partial charge is 0.0736 e. The van der Waals surface area contributed by atoms with Crippen molar-refractivity contribution in [2.45, 2.75) is 5.41 Å². The van der Waals surface area contributed by atoms with Gasteiger partial charge in [0, 0.05) is 4.47 Å². The van der Waals surface area contributed by atoms with Crippen molar-refractivity contribution < 1.29 is 0 Å². The highest BCUT2D eigenvalue weighted by Gasteiger charge is 2.52. The lowest BCUT2D eigenvalue weighted by molar-refractivity contribution is 0.790. The van der Waals surface area contributed by atoms with Crippen LogP contribution < -0.4 is 0 Å². The van der Waals surface area contributed by atoms with E-state index >= 15 is 0 Å². The van der Waals surface area contributed by atoms with E-state index in [1.807, 2.05) is 0 Å². The summed E-state index contributed by atoms with van der Waals surface area (Å²) in [4.78, 5) is 0. The first kappa shape index (κ1) is 16.6. The summed E-state index contributed by atoms with van der Waals surface area (Å²) < 4.78 is 1.17. The maximum Gasteiger partial charge on any atom is 0.0736 e. The lowest BCUT2D eigenvalue weighted by Gasteiger charge is -2.31. The molecule has 0 aromatic heterocycles. The van der Waals surface area contributed by atoms with Crippen LogP contribution in [0.1, 0.15) is 22.3 Å². The minimum Gasteiger partial charge on any atom is -0.0619 e. The molecule has 1 spiro atoms. The highest BCUT2D eigenvalue weighted by molar-refractivity contribution is 9.10. The molecule has 0 fully saturated rings. The van der Waals surface area contributed by atoms with E-state index < -0.39 is 0 Å². The van der Waals surface area contributed by atoms with Crippen molar-refractivity contribution in [3.05, 3.63) is 130 Å². The van der Waals surface area contributed by atoms with Crippen molar-refractivity contribution in [2.24, 2.45) is 0 Å². The number of fused-ring (bicyclic) bond motifs is 11. The third-order valence-corrected chi connectivity index (χ3v) is 7.58. The lowest BCUT2D eigenvalue weighted by Crippen LogP contribution is -2.26. The molecule has 0 saturated heterocycles. The summed E-state index contributed by atoms with van der Waals surface area (Å²) in [5.74, 6) is 0. The smallest absolute Gasteiger partial charge is 0.0619 e. The van der Waals surface area contributed by atoms with Crippen molar-refractivity contribution >= 4 is 26.7 Å². The molecule has 0 amide bonds. The zero-order valence-corrected chi connectivity index (χ0v) is 17.8. The van der Waals surface area contributed by atoms with Gasteiger partial charge >= 0.3 is 0 Å². The summed E-state index contributed by atoms with van der Waals surface area (Å²) in [5, 5.41) is 2.58. The van der Waals surface area contributed by atoms with E-state index in [9.17, 15) is 0 Å². The molecular formula is C29H17Br. The second-order valence-corrected chi connectivity index (χ2v) is 9.10. The molecule has 1 heteroatoms. The van der Waals surface area contributed by atoms with E-state index in [4.69, 9.17) is 0 Å². The summed E-state index contributed by atoms with van der Waals surface area (Å²) in [6.45, 7) is 0. The summed E-state index contributed by atoms with van der Waals surface area (Å²) >= 11 is 3.95. The first-order valence-corrected chi connectivity index (χ1v) is 11.1. The van der Waals surface area contributed by atoms with E-state index in [0.717, 1.165) is 0 Å². The van der Waals surface area contributed by atoms with Crippen LogP contribution in [0.2, 0.25) is 0 Å². The quantitative estimate of drug-likeness (QED) is 0.222. The molecule has 0 unspecified atom stereocenters. The van der Waals surface area contributed by atoms with Gasteiger partial charge in [-0.2, -0.15) is 0 Å². The summed E-state index contributed by atoms with van der Waals surface area (Å²) in [7, 11) is 0. The predicted molar refractivity (Wildman–Crippen MR) is 128 cm³/mol. The number of hydrogen-bond donors (Lipinski definition) is 0. The SMILES string of the molecule is Brc1cccc2c1C1(c3ccccc3-c3ccccc31)c1cc3ccccc3cc1-2.